The van der Waals surface area contributed by atoms with Crippen molar-refractivity contribution in [3.05, 3.63) is 34.6 Å². The van der Waals surface area contributed by atoms with E-state index in [0.717, 1.165) is 25.6 Å². The smallest absolute Gasteiger partial charge is 0.129 e. The van der Waals surface area contributed by atoms with Crippen molar-refractivity contribution in [3.8, 4) is 0 Å². The van der Waals surface area contributed by atoms with E-state index >= 15 is 0 Å². The predicted octanol–water partition coefficient (Wildman–Crippen LogP) is 2.66. The third kappa shape index (κ3) is 2.27. The number of hydrogen-bond acceptors (Lipinski definition) is 2. The van der Waals surface area contributed by atoms with Crippen molar-refractivity contribution in [1.29, 1.82) is 0 Å². The Hall–Kier alpha value is -0.640. The van der Waals surface area contributed by atoms with E-state index < -0.39 is 0 Å². The molecule has 2 saturated heterocycles. The molecular weight excluding hydrogens is 251 g/mol. The standard InChI is InChI=1S/C14H18ClFN2/c15-12-4-1-5-13(16)11(12)9-18-6-2-3-10-7-17-8-14(10)18/h1,4-5,10,14,17H,2-3,6-9H2. The Morgan fingerprint density at radius 2 is 2.28 bits per heavy atom. The van der Waals surface area contributed by atoms with Crippen molar-refractivity contribution in [1.82, 2.24) is 10.2 Å². The fourth-order valence-corrected chi connectivity index (χ4v) is 3.47. The Bertz CT molecular complexity index is 418. The lowest BCUT2D eigenvalue weighted by Crippen LogP contribution is -2.44. The van der Waals surface area contributed by atoms with Gasteiger partial charge in [0.2, 0.25) is 0 Å². The van der Waals surface area contributed by atoms with Crippen LogP contribution in [0.1, 0.15) is 18.4 Å². The van der Waals surface area contributed by atoms with E-state index in [9.17, 15) is 4.39 Å². The largest absolute Gasteiger partial charge is 0.315 e. The van der Waals surface area contributed by atoms with Crippen molar-refractivity contribution in [2.45, 2.75) is 25.4 Å². The molecule has 1 aromatic rings. The third-order valence-corrected chi connectivity index (χ3v) is 4.57. The molecule has 2 aliphatic rings. The number of halogens is 2. The van der Waals surface area contributed by atoms with Gasteiger partial charge < -0.3 is 5.32 Å². The summed E-state index contributed by atoms with van der Waals surface area (Å²) < 4.78 is 13.8. The summed E-state index contributed by atoms with van der Waals surface area (Å²) in [6.07, 6.45) is 2.49. The van der Waals surface area contributed by atoms with Crippen LogP contribution in [0, 0.1) is 11.7 Å². The molecule has 0 spiro atoms. The molecule has 98 valence electrons. The van der Waals surface area contributed by atoms with E-state index in [4.69, 9.17) is 11.6 Å². The van der Waals surface area contributed by atoms with Crippen molar-refractivity contribution >= 4 is 11.6 Å². The summed E-state index contributed by atoms with van der Waals surface area (Å²) in [6.45, 7) is 3.81. The summed E-state index contributed by atoms with van der Waals surface area (Å²) in [5.41, 5.74) is 0.645. The number of benzene rings is 1. The lowest BCUT2D eigenvalue weighted by atomic mass is 9.91. The first-order valence-corrected chi connectivity index (χ1v) is 7.01. The first-order valence-electron chi connectivity index (χ1n) is 6.63. The van der Waals surface area contributed by atoms with Gasteiger partial charge in [0.05, 0.1) is 0 Å². The number of fused-ring (bicyclic) bond motifs is 1. The van der Waals surface area contributed by atoms with E-state index in [1.165, 1.54) is 18.9 Å². The van der Waals surface area contributed by atoms with Crippen LogP contribution >= 0.6 is 11.6 Å². The molecule has 2 nitrogen and oxygen atoms in total. The van der Waals surface area contributed by atoms with Gasteiger partial charge in [-0.1, -0.05) is 17.7 Å². The number of nitrogens with zero attached hydrogens (tertiary/aromatic N) is 1. The van der Waals surface area contributed by atoms with Crippen LogP contribution in [-0.4, -0.2) is 30.6 Å². The van der Waals surface area contributed by atoms with Crippen LogP contribution in [-0.2, 0) is 6.54 Å². The summed E-state index contributed by atoms with van der Waals surface area (Å²) >= 11 is 6.11. The summed E-state index contributed by atoms with van der Waals surface area (Å²) in [4.78, 5) is 2.39. The van der Waals surface area contributed by atoms with Crippen LogP contribution in [0.3, 0.4) is 0 Å². The number of hydrogen-bond donors (Lipinski definition) is 1. The topological polar surface area (TPSA) is 15.3 Å². The van der Waals surface area contributed by atoms with E-state index in [-0.39, 0.29) is 5.82 Å². The minimum absolute atomic E-state index is 0.185. The first-order chi connectivity index (χ1) is 8.75. The fraction of sp³-hybridized carbons (Fsp3) is 0.571. The van der Waals surface area contributed by atoms with E-state index in [1.54, 1.807) is 12.1 Å². The highest BCUT2D eigenvalue weighted by atomic mass is 35.5. The first kappa shape index (κ1) is 12.4. The Labute approximate surface area is 112 Å². The van der Waals surface area contributed by atoms with Crippen molar-refractivity contribution < 1.29 is 4.39 Å². The summed E-state index contributed by atoms with van der Waals surface area (Å²) in [5, 5.41) is 3.99. The summed E-state index contributed by atoms with van der Waals surface area (Å²) in [5.74, 6) is 0.542. The molecule has 0 amide bonds. The average Bonchev–Trinajstić information content (AvgIpc) is 2.83. The van der Waals surface area contributed by atoms with Gasteiger partial charge in [-0.05, 0) is 44.0 Å². The van der Waals surface area contributed by atoms with Gasteiger partial charge in [-0.2, -0.15) is 0 Å². The van der Waals surface area contributed by atoms with Gasteiger partial charge in [0.25, 0.3) is 0 Å². The highest BCUT2D eigenvalue weighted by Gasteiger charge is 2.35. The summed E-state index contributed by atoms with van der Waals surface area (Å²) in [6, 6.07) is 5.48. The number of nitrogens with one attached hydrogen (secondary N) is 1. The molecule has 0 aliphatic carbocycles. The number of rotatable bonds is 2. The highest BCUT2D eigenvalue weighted by Crippen LogP contribution is 2.29. The third-order valence-electron chi connectivity index (χ3n) is 4.22. The number of piperidine rings is 1. The fourth-order valence-electron chi connectivity index (χ4n) is 3.25. The minimum Gasteiger partial charge on any atom is -0.315 e. The molecule has 2 aliphatic heterocycles. The normalized spacial score (nSPS) is 28.3. The molecule has 2 heterocycles. The molecule has 2 atom stereocenters. The van der Waals surface area contributed by atoms with Gasteiger partial charge in [-0.15, -0.1) is 0 Å². The van der Waals surface area contributed by atoms with Crippen LogP contribution in [0.2, 0.25) is 5.02 Å². The van der Waals surface area contributed by atoms with Gasteiger partial charge in [0, 0.05) is 29.7 Å². The maximum atomic E-state index is 13.8. The molecule has 1 N–H and O–H groups in total. The average molecular weight is 269 g/mol. The lowest BCUT2D eigenvalue weighted by Gasteiger charge is -2.37. The lowest BCUT2D eigenvalue weighted by molar-refractivity contribution is 0.116. The molecule has 1 aromatic carbocycles. The van der Waals surface area contributed by atoms with E-state index in [1.807, 2.05) is 0 Å². The maximum absolute atomic E-state index is 13.8. The Morgan fingerprint density at radius 1 is 1.39 bits per heavy atom. The second-order valence-corrected chi connectivity index (χ2v) is 5.71. The van der Waals surface area contributed by atoms with Gasteiger partial charge in [-0.25, -0.2) is 4.39 Å². The Kier molecular flexibility index (Phi) is 3.55. The quantitative estimate of drug-likeness (QED) is 0.887. The molecule has 2 unspecified atom stereocenters. The second kappa shape index (κ2) is 5.16. The SMILES string of the molecule is Fc1cccc(Cl)c1CN1CCCC2CNCC21. The van der Waals surface area contributed by atoms with Gasteiger partial charge in [0.1, 0.15) is 5.82 Å². The maximum Gasteiger partial charge on any atom is 0.129 e. The van der Waals surface area contributed by atoms with Crippen molar-refractivity contribution in [3.63, 3.8) is 0 Å². The minimum atomic E-state index is -0.185. The van der Waals surface area contributed by atoms with Crippen LogP contribution < -0.4 is 5.32 Å². The molecule has 0 aromatic heterocycles. The van der Waals surface area contributed by atoms with Gasteiger partial charge >= 0.3 is 0 Å². The monoisotopic (exact) mass is 268 g/mol. The van der Waals surface area contributed by atoms with E-state index in [0.29, 0.717) is 23.2 Å². The van der Waals surface area contributed by atoms with Gasteiger partial charge in [-0.3, -0.25) is 4.90 Å². The second-order valence-electron chi connectivity index (χ2n) is 5.30. The molecule has 2 fully saturated rings. The Morgan fingerprint density at radius 3 is 3.11 bits per heavy atom. The zero-order valence-corrected chi connectivity index (χ0v) is 11.1. The molecular formula is C14H18ClFN2. The highest BCUT2D eigenvalue weighted by molar-refractivity contribution is 6.31. The molecule has 0 saturated carbocycles. The zero-order valence-electron chi connectivity index (χ0n) is 10.3. The van der Waals surface area contributed by atoms with Crippen LogP contribution in [0.25, 0.3) is 0 Å². The summed E-state index contributed by atoms with van der Waals surface area (Å²) in [7, 11) is 0. The van der Waals surface area contributed by atoms with Crippen LogP contribution in [0.15, 0.2) is 18.2 Å². The molecule has 4 heteroatoms. The zero-order chi connectivity index (χ0) is 12.5. The van der Waals surface area contributed by atoms with Crippen LogP contribution in [0.4, 0.5) is 4.39 Å². The molecule has 0 bridgehead atoms. The molecule has 18 heavy (non-hydrogen) atoms. The number of likely N-dealkylation sites (tertiary alicyclic amines) is 1. The van der Waals surface area contributed by atoms with E-state index in [2.05, 4.69) is 10.2 Å². The predicted molar refractivity (Wildman–Crippen MR) is 71.2 cm³/mol. The molecule has 3 rings (SSSR count). The van der Waals surface area contributed by atoms with Crippen LogP contribution in [0.5, 0.6) is 0 Å². The van der Waals surface area contributed by atoms with Crippen molar-refractivity contribution in [2.24, 2.45) is 5.92 Å². The van der Waals surface area contributed by atoms with Gasteiger partial charge in [0.15, 0.2) is 0 Å². The molecule has 0 radical (unpaired) electrons. The van der Waals surface area contributed by atoms with Crippen molar-refractivity contribution in [2.75, 3.05) is 19.6 Å². The Balaban J connectivity index is 1.79.